The number of nitrogens with two attached hydrogens (primary N) is 1. The van der Waals surface area contributed by atoms with Crippen LogP contribution in [0.4, 0.5) is 4.39 Å². The first-order valence-corrected chi connectivity index (χ1v) is 13.8. The van der Waals surface area contributed by atoms with Crippen molar-refractivity contribution in [1.29, 1.82) is 0 Å². The third kappa shape index (κ3) is 7.41. The van der Waals surface area contributed by atoms with Gasteiger partial charge >= 0.3 is 0 Å². The molecule has 0 aliphatic carbocycles. The number of halogens is 3. The lowest BCUT2D eigenvalue weighted by Gasteiger charge is -2.32. The molecular weight excluding hydrogens is 564 g/mol. The SMILES string of the molecule is N[C@@H]1C[C@H]2C(=O)N([C@H](CCC(=O)NO)C(=O)NCc3ccc(Cl)c(Cl)c3)CCC(COc3ccc(F)cc3)N2C1. The van der Waals surface area contributed by atoms with E-state index in [9.17, 15) is 18.8 Å². The third-order valence-electron chi connectivity index (χ3n) is 7.27. The predicted molar refractivity (Wildman–Crippen MR) is 146 cm³/mol. The summed E-state index contributed by atoms with van der Waals surface area (Å²) in [7, 11) is 0. The monoisotopic (exact) mass is 595 g/mol. The van der Waals surface area contributed by atoms with Crippen molar-refractivity contribution >= 4 is 40.9 Å². The molecule has 2 aliphatic heterocycles. The second-order valence-electron chi connectivity index (χ2n) is 10.0. The van der Waals surface area contributed by atoms with Crippen molar-refractivity contribution in [3.8, 4) is 5.75 Å². The van der Waals surface area contributed by atoms with Gasteiger partial charge in [0.25, 0.3) is 0 Å². The molecule has 2 heterocycles. The average Bonchev–Trinajstić information content (AvgIpc) is 3.28. The Bertz CT molecular complexity index is 1220. The number of hydrogen-bond acceptors (Lipinski definition) is 7. The smallest absolute Gasteiger partial charge is 0.243 e. The molecule has 4 rings (SSSR count). The number of nitrogens with one attached hydrogen (secondary N) is 2. The summed E-state index contributed by atoms with van der Waals surface area (Å²) in [5.41, 5.74) is 8.54. The zero-order valence-corrected chi connectivity index (χ0v) is 23.2. The molecule has 4 atom stereocenters. The lowest BCUT2D eigenvalue weighted by molar-refractivity contribution is -0.143. The van der Waals surface area contributed by atoms with Crippen molar-refractivity contribution in [1.82, 2.24) is 20.6 Å². The molecule has 1 unspecified atom stereocenters. The molecule has 2 fully saturated rings. The Kier molecular flexibility index (Phi) is 10.2. The van der Waals surface area contributed by atoms with Crippen LogP contribution in [0.15, 0.2) is 42.5 Å². The number of rotatable bonds is 10. The van der Waals surface area contributed by atoms with E-state index >= 15 is 0 Å². The fourth-order valence-electron chi connectivity index (χ4n) is 5.22. The standard InChI is InChI=1S/C27H32Cl2FN5O5/c28-21-6-1-16(11-22(21)29)13-32-26(37)23(7-8-25(36)33-39)34-10-9-19(15-40-20-4-2-17(30)3-5-20)35-14-18(31)12-24(35)27(34)38/h1-6,11,18-19,23-24,39H,7-10,12-15,31H2,(H,32,37)(H,33,36)/t18-,19?,23-,24+/m1/s1. The van der Waals surface area contributed by atoms with Gasteiger partial charge in [0.05, 0.1) is 16.1 Å². The van der Waals surface area contributed by atoms with Gasteiger partial charge in [0.1, 0.15) is 24.2 Å². The van der Waals surface area contributed by atoms with Gasteiger partial charge in [-0.05, 0) is 61.2 Å². The van der Waals surface area contributed by atoms with Crippen LogP contribution in [0.1, 0.15) is 31.2 Å². The second kappa shape index (κ2) is 13.6. The molecule has 13 heteroatoms. The number of carbonyl (C=O) groups is 3. The Labute approximate surface area is 241 Å². The molecule has 2 aromatic carbocycles. The highest BCUT2D eigenvalue weighted by molar-refractivity contribution is 6.42. The molecule has 0 bridgehead atoms. The number of hydrogen-bond donors (Lipinski definition) is 4. The van der Waals surface area contributed by atoms with Crippen LogP contribution in [0.3, 0.4) is 0 Å². The quantitative estimate of drug-likeness (QED) is 0.244. The van der Waals surface area contributed by atoms with Gasteiger partial charge in [0, 0.05) is 38.1 Å². The minimum atomic E-state index is -0.969. The molecule has 2 saturated heterocycles. The first kappa shape index (κ1) is 30.0. The van der Waals surface area contributed by atoms with E-state index < -0.39 is 23.9 Å². The number of ether oxygens (including phenoxy) is 1. The lowest BCUT2D eigenvalue weighted by atomic mass is 10.0. The van der Waals surface area contributed by atoms with E-state index in [4.69, 9.17) is 38.9 Å². The molecule has 0 radical (unpaired) electrons. The molecule has 10 nitrogen and oxygen atoms in total. The van der Waals surface area contributed by atoms with E-state index in [1.807, 2.05) is 4.90 Å². The first-order valence-electron chi connectivity index (χ1n) is 13.0. The van der Waals surface area contributed by atoms with Gasteiger partial charge in [-0.15, -0.1) is 0 Å². The Morgan fingerprint density at radius 3 is 2.62 bits per heavy atom. The zero-order chi connectivity index (χ0) is 28.8. The number of nitrogens with zero attached hydrogens (tertiary/aromatic N) is 2. The number of amides is 3. The van der Waals surface area contributed by atoms with Crippen LogP contribution >= 0.6 is 23.2 Å². The minimum absolute atomic E-state index is 0.000854. The van der Waals surface area contributed by atoms with Crippen molar-refractivity contribution in [3.05, 3.63) is 63.9 Å². The second-order valence-corrected chi connectivity index (χ2v) is 10.8. The summed E-state index contributed by atoms with van der Waals surface area (Å²) in [6.45, 7) is 1.11. The van der Waals surface area contributed by atoms with Gasteiger partial charge < -0.3 is 20.7 Å². The molecule has 5 N–H and O–H groups in total. The summed E-state index contributed by atoms with van der Waals surface area (Å²) >= 11 is 12.1. The van der Waals surface area contributed by atoms with Gasteiger partial charge in [0.15, 0.2) is 0 Å². The van der Waals surface area contributed by atoms with Crippen LogP contribution in [0.2, 0.25) is 10.0 Å². The Balaban J connectivity index is 1.51. The average molecular weight is 596 g/mol. The fraction of sp³-hybridized carbons (Fsp3) is 0.444. The van der Waals surface area contributed by atoms with Crippen LogP contribution in [0, 0.1) is 5.82 Å². The highest BCUT2D eigenvalue weighted by Gasteiger charge is 2.46. The topological polar surface area (TPSA) is 137 Å². The van der Waals surface area contributed by atoms with Crippen molar-refractivity contribution in [2.24, 2.45) is 5.73 Å². The Morgan fingerprint density at radius 1 is 1.18 bits per heavy atom. The third-order valence-corrected chi connectivity index (χ3v) is 8.01. The molecule has 0 saturated carbocycles. The Hall–Kier alpha value is -2.96. The van der Waals surface area contributed by atoms with E-state index in [-0.39, 0.29) is 56.3 Å². The summed E-state index contributed by atoms with van der Waals surface area (Å²) in [6.07, 6.45) is 0.729. The largest absolute Gasteiger partial charge is 0.492 e. The molecule has 0 spiro atoms. The van der Waals surface area contributed by atoms with E-state index in [0.29, 0.717) is 40.7 Å². The van der Waals surface area contributed by atoms with E-state index in [0.717, 1.165) is 0 Å². The lowest BCUT2D eigenvalue weighted by Crippen LogP contribution is -2.53. The minimum Gasteiger partial charge on any atom is -0.492 e. The summed E-state index contributed by atoms with van der Waals surface area (Å²) in [5, 5.41) is 12.6. The van der Waals surface area contributed by atoms with Crippen molar-refractivity contribution in [3.63, 3.8) is 0 Å². The summed E-state index contributed by atoms with van der Waals surface area (Å²) in [6, 6.07) is 8.75. The molecule has 0 aromatic heterocycles. The van der Waals surface area contributed by atoms with Crippen LogP contribution in [-0.4, -0.2) is 76.6 Å². The van der Waals surface area contributed by atoms with Crippen LogP contribution in [0.25, 0.3) is 0 Å². The molecule has 3 amide bonds. The summed E-state index contributed by atoms with van der Waals surface area (Å²) < 4.78 is 19.2. The fourth-order valence-corrected chi connectivity index (χ4v) is 5.54. The number of benzene rings is 2. The van der Waals surface area contributed by atoms with Gasteiger partial charge in [-0.3, -0.25) is 24.5 Å². The summed E-state index contributed by atoms with van der Waals surface area (Å²) in [4.78, 5) is 42.6. The van der Waals surface area contributed by atoms with Crippen LogP contribution < -0.4 is 21.3 Å². The highest BCUT2D eigenvalue weighted by atomic mass is 35.5. The van der Waals surface area contributed by atoms with Crippen LogP contribution in [-0.2, 0) is 20.9 Å². The maximum absolute atomic E-state index is 13.8. The van der Waals surface area contributed by atoms with Gasteiger partial charge in [0.2, 0.25) is 17.7 Å². The maximum atomic E-state index is 13.8. The molecular formula is C27H32Cl2FN5O5. The molecule has 2 aromatic rings. The van der Waals surface area contributed by atoms with Crippen LogP contribution in [0.5, 0.6) is 5.75 Å². The molecule has 216 valence electrons. The molecule has 2 aliphatic rings. The normalized spacial score (nSPS) is 21.9. The van der Waals surface area contributed by atoms with Crippen molar-refractivity contribution in [2.75, 3.05) is 19.7 Å². The van der Waals surface area contributed by atoms with E-state index in [1.165, 1.54) is 29.2 Å². The van der Waals surface area contributed by atoms with E-state index in [2.05, 4.69) is 5.32 Å². The number of fused-ring (bicyclic) bond motifs is 1. The van der Waals surface area contributed by atoms with Crippen molar-refractivity contribution in [2.45, 2.75) is 56.4 Å². The molecule has 40 heavy (non-hydrogen) atoms. The van der Waals surface area contributed by atoms with Gasteiger partial charge in [-0.2, -0.15) is 0 Å². The van der Waals surface area contributed by atoms with Gasteiger partial charge in [-0.25, -0.2) is 9.87 Å². The number of hydroxylamine groups is 1. The predicted octanol–water partition coefficient (Wildman–Crippen LogP) is 2.48. The number of carbonyl (C=O) groups excluding carboxylic acids is 3. The Morgan fingerprint density at radius 2 is 1.93 bits per heavy atom. The van der Waals surface area contributed by atoms with E-state index in [1.54, 1.807) is 23.7 Å². The van der Waals surface area contributed by atoms with Crippen molar-refractivity contribution < 1.29 is 28.7 Å². The highest BCUT2D eigenvalue weighted by Crippen LogP contribution is 2.29. The maximum Gasteiger partial charge on any atom is 0.243 e. The first-order chi connectivity index (χ1) is 19.2. The summed E-state index contributed by atoms with van der Waals surface area (Å²) in [5.74, 6) is -1.23. The van der Waals surface area contributed by atoms with Gasteiger partial charge in [-0.1, -0.05) is 29.3 Å². The zero-order valence-electron chi connectivity index (χ0n) is 21.7.